The molecule has 19 heavy (non-hydrogen) atoms. The van der Waals surface area contributed by atoms with Crippen molar-refractivity contribution in [1.82, 2.24) is 9.97 Å². The second-order valence-electron chi connectivity index (χ2n) is 4.52. The van der Waals surface area contributed by atoms with Gasteiger partial charge in [-0.3, -0.25) is 0 Å². The lowest BCUT2D eigenvalue weighted by Crippen LogP contribution is -2.05. The monoisotopic (exact) mass is 295 g/mol. The van der Waals surface area contributed by atoms with Gasteiger partial charge in [0.25, 0.3) is 0 Å². The van der Waals surface area contributed by atoms with Crippen molar-refractivity contribution in [3.05, 3.63) is 16.3 Å². The standard InChI is InChI=1S/C14H21N3S2/c1-5-7-15-13-12-9(3)10(4)19-14(12)17-11(16-13)8-18-6-2/h5-8H2,1-4H3,(H,15,16,17). The third-order valence-electron chi connectivity index (χ3n) is 3.05. The molecule has 0 bridgehead atoms. The molecule has 0 radical (unpaired) electrons. The quantitative estimate of drug-likeness (QED) is 0.858. The Morgan fingerprint density at radius 2 is 2.00 bits per heavy atom. The molecule has 3 nitrogen and oxygen atoms in total. The first-order valence-corrected chi connectivity index (χ1v) is 8.72. The van der Waals surface area contributed by atoms with Crippen molar-refractivity contribution in [2.45, 2.75) is 39.9 Å². The summed E-state index contributed by atoms with van der Waals surface area (Å²) in [5.41, 5.74) is 1.31. The lowest BCUT2D eigenvalue weighted by molar-refractivity contribution is 0.961. The maximum absolute atomic E-state index is 4.71. The number of aryl methyl sites for hydroxylation is 2. The zero-order chi connectivity index (χ0) is 13.8. The Bertz CT molecular complexity index is 563. The predicted octanol–water partition coefficient (Wildman–Crippen LogP) is 4.38. The molecule has 0 aromatic carbocycles. The van der Waals surface area contributed by atoms with Crippen LogP contribution in [0.2, 0.25) is 0 Å². The molecule has 1 N–H and O–H groups in total. The van der Waals surface area contributed by atoms with Gasteiger partial charge in [-0.2, -0.15) is 11.8 Å². The van der Waals surface area contributed by atoms with E-state index in [0.717, 1.165) is 40.9 Å². The van der Waals surface area contributed by atoms with Gasteiger partial charge in [0.2, 0.25) is 0 Å². The molecule has 0 saturated heterocycles. The molecule has 0 aliphatic rings. The summed E-state index contributed by atoms with van der Waals surface area (Å²) in [6, 6.07) is 0. The SMILES string of the molecule is CCCNc1nc(CSCC)nc2sc(C)c(C)c12. The van der Waals surface area contributed by atoms with Crippen molar-refractivity contribution >= 4 is 39.1 Å². The van der Waals surface area contributed by atoms with E-state index in [1.165, 1.54) is 15.8 Å². The first kappa shape index (κ1) is 14.6. The summed E-state index contributed by atoms with van der Waals surface area (Å²) in [5.74, 6) is 3.95. The van der Waals surface area contributed by atoms with Gasteiger partial charge in [0.1, 0.15) is 16.5 Å². The molecule has 0 fully saturated rings. The molecule has 104 valence electrons. The average Bonchev–Trinajstić information content (AvgIpc) is 2.69. The van der Waals surface area contributed by atoms with Crippen molar-refractivity contribution in [1.29, 1.82) is 0 Å². The number of anilines is 1. The molecule has 2 heterocycles. The van der Waals surface area contributed by atoms with Crippen LogP contribution in [0.5, 0.6) is 0 Å². The van der Waals surface area contributed by atoms with Gasteiger partial charge in [0.15, 0.2) is 0 Å². The van der Waals surface area contributed by atoms with Crippen molar-refractivity contribution in [2.75, 3.05) is 17.6 Å². The van der Waals surface area contributed by atoms with E-state index in [1.54, 1.807) is 11.3 Å². The topological polar surface area (TPSA) is 37.8 Å². The third kappa shape index (κ3) is 3.20. The van der Waals surface area contributed by atoms with Gasteiger partial charge >= 0.3 is 0 Å². The van der Waals surface area contributed by atoms with E-state index >= 15 is 0 Å². The number of nitrogens with zero attached hydrogens (tertiary/aromatic N) is 2. The number of aromatic nitrogens is 2. The average molecular weight is 295 g/mol. The molecule has 2 aromatic heterocycles. The Labute approximate surface area is 123 Å². The molecular formula is C14H21N3S2. The molecule has 0 spiro atoms. The summed E-state index contributed by atoms with van der Waals surface area (Å²) in [5, 5.41) is 4.66. The maximum atomic E-state index is 4.71. The summed E-state index contributed by atoms with van der Waals surface area (Å²) in [7, 11) is 0. The van der Waals surface area contributed by atoms with Crippen LogP contribution in [0.25, 0.3) is 10.2 Å². The number of hydrogen-bond acceptors (Lipinski definition) is 5. The Hall–Kier alpha value is -0.810. The van der Waals surface area contributed by atoms with E-state index in [9.17, 15) is 0 Å². The minimum Gasteiger partial charge on any atom is -0.369 e. The number of thiophene rings is 1. The molecule has 0 saturated carbocycles. The fourth-order valence-electron chi connectivity index (χ4n) is 1.92. The molecule has 2 rings (SSSR count). The normalized spacial score (nSPS) is 11.2. The summed E-state index contributed by atoms with van der Waals surface area (Å²) in [4.78, 5) is 11.9. The Morgan fingerprint density at radius 1 is 1.21 bits per heavy atom. The number of nitrogens with one attached hydrogen (secondary N) is 1. The van der Waals surface area contributed by atoms with Crippen molar-refractivity contribution in [2.24, 2.45) is 0 Å². The Morgan fingerprint density at radius 3 is 2.68 bits per heavy atom. The van der Waals surface area contributed by atoms with Crippen LogP contribution in [-0.4, -0.2) is 22.3 Å². The van der Waals surface area contributed by atoms with Gasteiger partial charge in [-0.15, -0.1) is 11.3 Å². The summed E-state index contributed by atoms with van der Waals surface area (Å²) >= 11 is 3.64. The lowest BCUT2D eigenvalue weighted by Gasteiger charge is -2.08. The van der Waals surface area contributed by atoms with Gasteiger partial charge < -0.3 is 5.32 Å². The van der Waals surface area contributed by atoms with E-state index in [2.05, 4.69) is 33.0 Å². The third-order valence-corrected chi connectivity index (χ3v) is 5.02. The maximum Gasteiger partial charge on any atom is 0.142 e. The van der Waals surface area contributed by atoms with E-state index in [4.69, 9.17) is 9.97 Å². The zero-order valence-electron chi connectivity index (χ0n) is 12.0. The van der Waals surface area contributed by atoms with Crippen LogP contribution in [0.15, 0.2) is 0 Å². The Balaban J connectivity index is 2.46. The number of fused-ring (bicyclic) bond motifs is 1. The van der Waals surface area contributed by atoms with E-state index < -0.39 is 0 Å². The fourth-order valence-corrected chi connectivity index (χ4v) is 3.49. The molecule has 0 atom stereocenters. The second kappa shape index (κ2) is 6.57. The van der Waals surface area contributed by atoms with Crippen molar-refractivity contribution in [3.63, 3.8) is 0 Å². The summed E-state index contributed by atoms with van der Waals surface area (Å²) in [6.45, 7) is 9.62. The van der Waals surface area contributed by atoms with Crippen LogP contribution < -0.4 is 5.32 Å². The summed E-state index contributed by atoms with van der Waals surface area (Å²) < 4.78 is 0. The summed E-state index contributed by atoms with van der Waals surface area (Å²) in [6.07, 6.45) is 1.10. The lowest BCUT2D eigenvalue weighted by atomic mass is 10.2. The van der Waals surface area contributed by atoms with Crippen LogP contribution in [0.1, 0.15) is 36.5 Å². The van der Waals surface area contributed by atoms with Crippen molar-refractivity contribution < 1.29 is 0 Å². The van der Waals surface area contributed by atoms with Crippen LogP contribution in [-0.2, 0) is 5.75 Å². The second-order valence-corrected chi connectivity index (χ2v) is 6.99. The number of thioether (sulfide) groups is 1. The number of rotatable bonds is 6. The molecule has 0 aliphatic carbocycles. The van der Waals surface area contributed by atoms with Crippen LogP contribution in [0.3, 0.4) is 0 Å². The minimum absolute atomic E-state index is 0.892. The van der Waals surface area contributed by atoms with Crippen LogP contribution in [0, 0.1) is 13.8 Å². The molecule has 2 aromatic rings. The molecule has 5 heteroatoms. The van der Waals surface area contributed by atoms with Gasteiger partial charge in [0.05, 0.1) is 11.1 Å². The van der Waals surface area contributed by atoms with Gasteiger partial charge in [0, 0.05) is 11.4 Å². The minimum atomic E-state index is 0.892. The smallest absolute Gasteiger partial charge is 0.142 e. The molecule has 0 aliphatic heterocycles. The Kier molecular flexibility index (Phi) is 5.05. The molecule has 0 amide bonds. The number of hydrogen-bond donors (Lipinski definition) is 1. The largest absolute Gasteiger partial charge is 0.369 e. The highest BCUT2D eigenvalue weighted by Crippen LogP contribution is 2.33. The van der Waals surface area contributed by atoms with Crippen LogP contribution >= 0.6 is 23.1 Å². The highest BCUT2D eigenvalue weighted by molar-refractivity contribution is 7.98. The van der Waals surface area contributed by atoms with Crippen LogP contribution in [0.4, 0.5) is 5.82 Å². The van der Waals surface area contributed by atoms with E-state index in [0.29, 0.717) is 0 Å². The first-order valence-electron chi connectivity index (χ1n) is 6.75. The van der Waals surface area contributed by atoms with E-state index in [-0.39, 0.29) is 0 Å². The van der Waals surface area contributed by atoms with Gasteiger partial charge in [-0.1, -0.05) is 13.8 Å². The predicted molar refractivity (Wildman–Crippen MR) is 87.5 cm³/mol. The zero-order valence-corrected chi connectivity index (χ0v) is 13.7. The van der Waals surface area contributed by atoms with Gasteiger partial charge in [-0.05, 0) is 31.6 Å². The molecular weight excluding hydrogens is 274 g/mol. The van der Waals surface area contributed by atoms with Crippen molar-refractivity contribution in [3.8, 4) is 0 Å². The fraction of sp³-hybridized carbons (Fsp3) is 0.571. The first-order chi connectivity index (χ1) is 9.17. The van der Waals surface area contributed by atoms with Gasteiger partial charge in [-0.25, -0.2) is 9.97 Å². The van der Waals surface area contributed by atoms with E-state index in [1.807, 2.05) is 11.8 Å². The highest BCUT2D eigenvalue weighted by atomic mass is 32.2. The highest BCUT2D eigenvalue weighted by Gasteiger charge is 2.14. The molecule has 0 unspecified atom stereocenters.